The maximum atomic E-state index is 12.8. The molecule has 3 rings (SSSR count). The second-order valence-corrected chi connectivity index (χ2v) is 7.33. The molecule has 0 radical (unpaired) electrons. The van der Waals surface area contributed by atoms with Crippen LogP contribution in [-0.2, 0) is 10.0 Å². The van der Waals surface area contributed by atoms with Crippen molar-refractivity contribution in [1.29, 1.82) is 5.26 Å². The lowest BCUT2D eigenvalue weighted by Crippen LogP contribution is -2.47. The number of fused-ring (bicyclic) bond motifs is 2. The van der Waals surface area contributed by atoms with Gasteiger partial charge in [-0.1, -0.05) is 6.07 Å². The Bertz CT molecular complexity index is 651. The van der Waals surface area contributed by atoms with Gasteiger partial charge in [0, 0.05) is 12.1 Å². The highest BCUT2D eigenvalue weighted by Crippen LogP contribution is 2.39. The number of nitriles is 1. The Morgan fingerprint density at radius 1 is 1.25 bits per heavy atom. The van der Waals surface area contributed by atoms with Crippen molar-refractivity contribution in [2.75, 3.05) is 0 Å². The molecule has 106 valence electrons. The number of piperidine rings is 1. The van der Waals surface area contributed by atoms with Crippen LogP contribution in [-0.4, -0.2) is 36.0 Å². The molecule has 6 heteroatoms. The molecule has 2 atom stereocenters. The molecule has 20 heavy (non-hydrogen) atoms. The molecule has 0 aromatic heterocycles. The molecular weight excluding hydrogens is 276 g/mol. The highest BCUT2D eigenvalue weighted by molar-refractivity contribution is 7.89. The Labute approximate surface area is 118 Å². The molecular formula is C14H16N2O3S. The lowest BCUT2D eigenvalue weighted by atomic mass is 10.0. The third-order valence-electron chi connectivity index (χ3n) is 4.18. The molecule has 1 aromatic carbocycles. The summed E-state index contributed by atoms with van der Waals surface area (Å²) in [6.45, 7) is 0. The normalized spacial score (nSPS) is 30.1. The molecule has 2 heterocycles. The van der Waals surface area contributed by atoms with Gasteiger partial charge in [-0.25, -0.2) is 8.42 Å². The van der Waals surface area contributed by atoms with E-state index in [0.717, 1.165) is 12.8 Å². The van der Waals surface area contributed by atoms with E-state index in [9.17, 15) is 13.5 Å². The fraction of sp³-hybridized carbons (Fsp3) is 0.500. The van der Waals surface area contributed by atoms with E-state index in [-0.39, 0.29) is 17.0 Å². The number of hydrogen-bond acceptors (Lipinski definition) is 4. The van der Waals surface area contributed by atoms with Gasteiger partial charge in [-0.3, -0.25) is 0 Å². The maximum Gasteiger partial charge on any atom is 0.243 e. The summed E-state index contributed by atoms with van der Waals surface area (Å²) in [7, 11) is -3.58. The zero-order valence-corrected chi connectivity index (χ0v) is 11.8. The van der Waals surface area contributed by atoms with Crippen LogP contribution in [0.1, 0.15) is 31.2 Å². The smallest absolute Gasteiger partial charge is 0.243 e. The van der Waals surface area contributed by atoms with Crippen LogP contribution in [0.2, 0.25) is 0 Å². The Morgan fingerprint density at radius 3 is 2.50 bits per heavy atom. The topological polar surface area (TPSA) is 81.4 Å². The van der Waals surface area contributed by atoms with Crippen LogP contribution in [0.15, 0.2) is 29.2 Å². The third-order valence-corrected chi connectivity index (χ3v) is 6.18. The average Bonchev–Trinajstić information content (AvgIpc) is 2.72. The lowest BCUT2D eigenvalue weighted by molar-refractivity contribution is 0.0769. The van der Waals surface area contributed by atoms with Gasteiger partial charge in [-0.15, -0.1) is 0 Å². The van der Waals surface area contributed by atoms with E-state index in [1.54, 1.807) is 16.4 Å². The molecule has 0 aliphatic carbocycles. The summed E-state index contributed by atoms with van der Waals surface area (Å²) in [5, 5.41) is 18.7. The zero-order chi connectivity index (χ0) is 14.3. The molecule has 0 spiro atoms. The minimum absolute atomic E-state index is 0.112. The molecule has 0 amide bonds. The first-order valence-electron chi connectivity index (χ1n) is 6.74. The van der Waals surface area contributed by atoms with E-state index >= 15 is 0 Å². The van der Waals surface area contributed by atoms with E-state index in [1.807, 2.05) is 6.07 Å². The van der Waals surface area contributed by atoms with Crippen molar-refractivity contribution in [3.63, 3.8) is 0 Å². The number of rotatable bonds is 2. The first-order valence-corrected chi connectivity index (χ1v) is 8.18. The Hall–Kier alpha value is -1.42. The van der Waals surface area contributed by atoms with Gasteiger partial charge >= 0.3 is 0 Å². The van der Waals surface area contributed by atoms with Crippen LogP contribution < -0.4 is 0 Å². The number of aliphatic hydroxyl groups is 1. The van der Waals surface area contributed by atoms with Crippen molar-refractivity contribution in [1.82, 2.24) is 4.31 Å². The summed E-state index contributed by atoms with van der Waals surface area (Å²) >= 11 is 0. The van der Waals surface area contributed by atoms with E-state index < -0.39 is 16.1 Å². The summed E-state index contributed by atoms with van der Waals surface area (Å²) in [6.07, 6.45) is 2.23. The van der Waals surface area contributed by atoms with Crippen LogP contribution in [0.5, 0.6) is 0 Å². The minimum atomic E-state index is -3.58. The third kappa shape index (κ3) is 2.12. The minimum Gasteiger partial charge on any atom is -0.393 e. The van der Waals surface area contributed by atoms with Crippen molar-refractivity contribution in [3.8, 4) is 6.07 Å². The van der Waals surface area contributed by atoms with E-state index in [2.05, 4.69) is 0 Å². The van der Waals surface area contributed by atoms with Gasteiger partial charge in [-0.05, 0) is 43.9 Å². The second-order valence-electron chi connectivity index (χ2n) is 5.48. The predicted octanol–water partition coefficient (Wildman–Crippen LogP) is 1.23. The van der Waals surface area contributed by atoms with Crippen LogP contribution in [0.4, 0.5) is 0 Å². The Morgan fingerprint density at radius 2 is 1.90 bits per heavy atom. The number of aliphatic hydroxyl groups excluding tert-OH is 1. The van der Waals surface area contributed by atoms with Crippen molar-refractivity contribution >= 4 is 10.0 Å². The number of sulfonamides is 1. The maximum absolute atomic E-state index is 12.8. The monoisotopic (exact) mass is 292 g/mol. The van der Waals surface area contributed by atoms with E-state index in [1.165, 1.54) is 12.1 Å². The van der Waals surface area contributed by atoms with Gasteiger partial charge in [0.25, 0.3) is 0 Å². The number of benzene rings is 1. The Kier molecular flexibility index (Phi) is 3.28. The number of nitrogens with zero attached hydrogens (tertiary/aromatic N) is 2. The first-order chi connectivity index (χ1) is 9.52. The fourth-order valence-corrected chi connectivity index (χ4v) is 5.28. The van der Waals surface area contributed by atoms with Gasteiger partial charge in [0.2, 0.25) is 10.0 Å². The summed E-state index contributed by atoms with van der Waals surface area (Å²) < 4.78 is 27.1. The molecule has 1 aromatic rings. The molecule has 1 N–H and O–H groups in total. The van der Waals surface area contributed by atoms with E-state index in [0.29, 0.717) is 18.4 Å². The van der Waals surface area contributed by atoms with Crippen molar-refractivity contribution in [2.45, 2.75) is 48.8 Å². The largest absolute Gasteiger partial charge is 0.393 e. The number of hydrogen-bond donors (Lipinski definition) is 1. The van der Waals surface area contributed by atoms with Crippen molar-refractivity contribution < 1.29 is 13.5 Å². The van der Waals surface area contributed by atoms with Crippen LogP contribution in [0.3, 0.4) is 0 Å². The van der Waals surface area contributed by atoms with Crippen LogP contribution in [0.25, 0.3) is 0 Å². The fourth-order valence-electron chi connectivity index (χ4n) is 3.35. The molecule has 5 nitrogen and oxygen atoms in total. The quantitative estimate of drug-likeness (QED) is 0.889. The van der Waals surface area contributed by atoms with Gasteiger partial charge in [0.1, 0.15) is 0 Å². The molecule has 2 aliphatic rings. The molecule has 2 saturated heterocycles. The van der Waals surface area contributed by atoms with Crippen molar-refractivity contribution in [3.05, 3.63) is 29.8 Å². The van der Waals surface area contributed by atoms with Gasteiger partial charge in [0.15, 0.2) is 0 Å². The van der Waals surface area contributed by atoms with E-state index in [4.69, 9.17) is 5.26 Å². The van der Waals surface area contributed by atoms with Gasteiger partial charge in [0.05, 0.1) is 22.6 Å². The summed E-state index contributed by atoms with van der Waals surface area (Å²) in [5.41, 5.74) is 0.343. The highest BCUT2D eigenvalue weighted by atomic mass is 32.2. The van der Waals surface area contributed by atoms with Crippen LogP contribution in [0, 0.1) is 11.3 Å². The summed E-state index contributed by atoms with van der Waals surface area (Å²) in [4.78, 5) is 0.171. The standard InChI is InChI=1S/C14H16N2O3S/c15-9-10-2-1-3-14(6-10)20(18,19)16-11-4-5-12(16)8-13(17)7-11/h1-3,6,11-13,17H,4-5,7-8H2. The molecule has 2 unspecified atom stereocenters. The zero-order valence-electron chi connectivity index (χ0n) is 10.9. The van der Waals surface area contributed by atoms with Gasteiger partial charge < -0.3 is 5.11 Å². The highest BCUT2D eigenvalue weighted by Gasteiger charge is 2.46. The SMILES string of the molecule is N#Cc1cccc(S(=O)(=O)N2C3CCC2CC(O)C3)c1. The lowest BCUT2D eigenvalue weighted by Gasteiger charge is -2.36. The van der Waals surface area contributed by atoms with Gasteiger partial charge in [-0.2, -0.15) is 9.57 Å². The Balaban J connectivity index is 1.99. The predicted molar refractivity (Wildman–Crippen MR) is 72.2 cm³/mol. The summed E-state index contributed by atoms with van der Waals surface area (Å²) in [6, 6.07) is 7.87. The molecule has 2 fully saturated rings. The molecule has 2 bridgehead atoms. The second kappa shape index (κ2) is 4.85. The average molecular weight is 292 g/mol. The molecule has 0 saturated carbocycles. The summed E-state index contributed by atoms with van der Waals surface area (Å²) in [5.74, 6) is 0. The molecule has 2 aliphatic heterocycles. The first kappa shape index (κ1) is 13.6. The van der Waals surface area contributed by atoms with Crippen molar-refractivity contribution in [2.24, 2.45) is 0 Å². The van der Waals surface area contributed by atoms with Crippen LogP contribution >= 0.6 is 0 Å².